The zero-order valence-electron chi connectivity index (χ0n) is 10.4. The number of hydrogen-bond donors (Lipinski definition) is 2. The molecule has 1 saturated carbocycles. The van der Waals surface area contributed by atoms with Gasteiger partial charge >= 0.3 is 0 Å². The highest BCUT2D eigenvalue weighted by molar-refractivity contribution is 5.91. The predicted octanol–water partition coefficient (Wildman–Crippen LogP) is -0.621. The molecule has 0 aromatic carbocycles. The molecule has 0 spiro atoms. The fourth-order valence-electron chi connectivity index (χ4n) is 2.79. The van der Waals surface area contributed by atoms with Crippen molar-refractivity contribution >= 4 is 17.7 Å². The van der Waals surface area contributed by atoms with Gasteiger partial charge in [-0.2, -0.15) is 0 Å². The largest absolute Gasteiger partial charge is 0.368 e. The van der Waals surface area contributed by atoms with Crippen LogP contribution in [-0.4, -0.2) is 41.8 Å². The lowest BCUT2D eigenvalue weighted by Crippen LogP contribution is -2.39. The number of carbonyl (C=O) groups excluding carboxylic acids is 3. The lowest BCUT2D eigenvalue weighted by atomic mass is 10.1. The first-order valence-corrected chi connectivity index (χ1v) is 6.43. The smallest absolute Gasteiger partial charge is 0.236 e. The van der Waals surface area contributed by atoms with E-state index < -0.39 is 5.91 Å². The summed E-state index contributed by atoms with van der Waals surface area (Å²) >= 11 is 0. The highest BCUT2D eigenvalue weighted by atomic mass is 16.2. The molecule has 0 aromatic heterocycles. The molecule has 2 aliphatic rings. The molecule has 6 nitrogen and oxygen atoms in total. The maximum atomic E-state index is 11.9. The fourth-order valence-corrected chi connectivity index (χ4v) is 2.79. The van der Waals surface area contributed by atoms with Gasteiger partial charge in [0.15, 0.2) is 0 Å². The zero-order valence-corrected chi connectivity index (χ0v) is 10.4. The Kier molecular flexibility index (Phi) is 3.84. The number of nitrogens with zero attached hydrogens (tertiary/aromatic N) is 1. The topological polar surface area (TPSA) is 92.5 Å². The molecule has 18 heavy (non-hydrogen) atoms. The third-order valence-corrected chi connectivity index (χ3v) is 3.73. The maximum Gasteiger partial charge on any atom is 0.236 e. The van der Waals surface area contributed by atoms with E-state index >= 15 is 0 Å². The van der Waals surface area contributed by atoms with Gasteiger partial charge in [0.1, 0.15) is 0 Å². The van der Waals surface area contributed by atoms with Gasteiger partial charge in [0.25, 0.3) is 0 Å². The van der Waals surface area contributed by atoms with Crippen LogP contribution in [0.5, 0.6) is 0 Å². The van der Waals surface area contributed by atoms with Gasteiger partial charge in [-0.15, -0.1) is 0 Å². The second-order valence-electron chi connectivity index (χ2n) is 5.07. The Bertz CT molecular complexity index is 364. The average Bonchev–Trinajstić information content (AvgIpc) is 2.94. The molecule has 1 aliphatic carbocycles. The molecule has 1 atom stereocenters. The summed E-state index contributed by atoms with van der Waals surface area (Å²) in [5.74, 6) is -1.10. The first-order valence-electron chi connectivity index (χ1n) is 6.43. The van der Waals surface area contributed by atoms with Crippen LogP contribution in [0.25, 0.3) is 0 Å². The van der Waals surface area contributed by atoms with Crippen LogP contribution in [0, 0.1) is 5.92 Å². The molecule has 3 N–H and O–H groups in total. The van der Waals surface area contributed by atoms with Crippen LogP contribution >= 0.6 is 0 Å². The van der Waals surface area contributed by atoms with Gasteiger partial charge in [0.2, 0.25) is 17.7 Å². The molecule has 0 radical (unpaired) electrons. The van der Waals surface area contributed by atoms with E-state index in [9.17, 15) is 14.4 Å². The first-order chi connectivity index (χ1) is 8.58. The number of rotatable bonds is 4. The van der Waals surface area contributed by atoms with Crippen molar-refractivity contribution in [3.05, 3.63) is 0 Å². The van der Waals surface area contributed by atoms with E-state index in [2.05, 4.69) is 5.32 Å². The normalized spacial score (nSPS) is 24.6. The van der Waals surface area contributed by atoms with Crippen LogP contribution in [0.3, 0.4) is 0 Å². The van der Waals surface area contributed by atoms with Crippen LogP contribution in [0.4, 0.5) is 0 Å². The van der Waals surface area contributed by atoms with Crippen molar-refractivity contribution in [1.29, 1.82) is 0 Å². The number of carbonyl (C=O) groups is 3. The highest BCUT2D eigenvalue weighted by Gasteiger charge is 2.38. The van der Waals surface area contributed by atoms with Crippen molar-refractivity contribution in [3.63, 3.8) is 0 Å². The summed E-state index contributed by atoms with van der Waals surface area (Å²) in [4.78, 5) is 36.0. The summed E-state index contributed by atoms with van der Waals surface area (Å²) < 4.78 is 0. The number of nitrogens with two attached hydrogens (primary N) is 1. The van der Waals surface area contributed by atoms with Crippen LogP contribution in [0.15, 0.2) is 0 Å². The molecular formula is C12H19N3O3. The lowest BCUT2D eigenvalue weighted by molar-refractivity contribution is -0.130. The highest BCUT2D eigenvalue weighted by Crippen LogP contribution is 2.29. The van der Waals surface area contributed by atoms with Crippen LogP contribution in [0.2, 0.25) is 0 Å². The van der Waals surface area contributed by atoms with Crippen molar-refractivity contribution in [2.24, 2.45) is 11.7 Å². The minimum Gasteiger partial charge on any atom is -0.368 e. The Morgan fingerprint density at radius 1 is 1.33 bits per heavy atom. The standard InChI is InChI=1S/C12H19N3O3/c13-10(16)6-14-12(18)8-5-11(17)15(7-8)9-3-1-2-4-9/h8-9H,1-7H2,(H2,13,16)(H,14,18). The Balaban J connectivity index is 1.87. The Morgan fingerprint density at radius 3 is 2.61 bits per heavy atom. The fraction of sp³-hybridized carbons (Fsp3) is 0.750. The van der Waals surface area contributed by atoms with Crippen molar-refractivity contribution < 1.29 is 14.4 Å². The van der Waals surface area contributed by atoms with Crippen LogP contribution in [0.1, 0.15) is 32.1 Å². The second-order valence-corrected chi connectivity index (χ2v) is 5.07. The third kappa shape index (κ3) is 2.80. The summed E-state index contributed by atoms with van der Waals surface area (Å²) in [5, 5.41) is 2.46. The monoisotopic (exact) mass is 253 g/mol. The van der Waals surface area contributed by atoms with E-state index in [0.717, 1.165) is 25.7 Å². The third-order valence-electron chi connectivity index (χ3n) is 3.73. The molecule has 2 rings (SSSR count). The molecule has 0 bridgehead atoms. The molecule has 1 aliphatic heterocycles. The summed E-state index contributed by atoms with van der Waals surface area (Å²) in [6.07, 6.45) is 4.66. The van der Waals surface area contributed by atoms with E-state index in [4.69, 9.17) is 5.73 Å². The van der Waals surface area contributed by atoms with Crippen molar-refractivity contribution in [2.75, 3.05) is 13.1 Å². The van der Waals surface area contributed by atoms with E-state index in [1.807, 2.05) is 4.90 Å². The molecule has 3 amide bonds. The van der Waals surface area contributed by atoms with Gasteiger partial charge in [0, 0.05) is 19.0 Å². The number of hydrogen-bond acceptors (Lipinski definition) is 3. The molecule has 2 fully saturated rings. The van der Waals surface area contributed by atoms with Crippen molar-refractivity contribution in [3.8, 4) is 0 Å². The van der Waals surface area contributed by atoms with Gasteiger partial charge in [-0.1, -0.05) is 12.8 Å². The lowest BCUT2D eigenvalue weighted by Gasteiger charge is -2.23. The molecule has 1 saturated heterocycles. The number of likely N-dealkylation sites (tertiary alicyclic amines) is 1. The number of nitrogens with one attached hydrogen (secondary N) is 1. The Hall–Kier alpha value is -1.59. The van der Waals surface area contributed by atoms with Gasteiger partial charge in [0.05, 0.1) is 12.5 Å². The van der Waals surface area contributed by atoms with Gasteiger partial charge in [-0.3, -0.25) is 14.4 Å². The predicted molar refractivity (Wildman–Crippen MR) is 64.3 cm³/mol. The van der Waals surface area contributed by atoms with Gasteiger partial charge in [-0.25, -0.2) is 0 Å². The van der Waals surface area contributed by atoms with Gasteiger partial charge in [-0.05, 0) is 12.8 Å². The van der Waals surface area contributed by atoms with Crippen molar-refractivity contribution in [1.82, 2.24) is 10.2 Å². The molecule has 1 heterocycles. The minimum absolute atomic E-state index is 0.0566. The van der Waals surface area contributed by atoms with Crippen LogP contribution < -0.4 is 11.1 Å². The zero-order chi connectivity index (χ0) is 13.1. The van der Waals surface area contributed by atoms with Crippen molar-refractivity contribution in [2.45, 2.75) is 38.1 Å². The molecule has 6 heteroatoms. The maximum absolute atomic E-state index is 11.9. The molecule has 0 aromatic rings. The Labute approximate surface area is 106 Å². The van der Waals surface area contributed by atoms with E-state index in [1.165, 1.54) is 0 Å². The minimum atomic E-state index is -0.569. The van der Waals surface area contributed by atoms with Gasteiger partial charge < -0.3 is 16.0 Å². The Morgan fingerprint density at radius 2 is 2.00 bits per heavy atom. The number of primary amides is 1. The first kappa shape index (κ1) is 12.9. The van der Waals surface area contributed by atoms with E-state index in [1.54, 1.807) is 0 Å². The molecular weight excluding hydrogens is 234 g/mol. The summed E-state index contributed by atoms with van der Waals surface area (Å²) in [6.45, 7) is 0.320. The SMILES string of the molecule is NC(=O)CNC(=O)C1CC(=O)N(C2CCCC2)C1. The second kappa shape index (κ2) is 5.37. The quantitative estimate of drug-likeness (QED) is 0.699. The van der Waals surface area contributed by atoms with E-state index in [0.29, 0.717) is 12.6 Å². The number of amides is 3. The summed E-state index contributed by atoms with van der Waals surface area (Å²) in [6, 6.07) is 0.312. The van der Waals surface area contributed by atoms with Crippen LogP contribution in [-0.2, 0) is 14.4 Å². The average molecular weight is 253 g/mol. The molecule has 100 valence electrons. The summed E-state index contributed by atoms with van der Waals surface area (Å²) in [7, 11) is 0. The summed E-state index contributed by atoms with van der Waals surface area (Å²) in [5.41, 5.74) is 4.96. The van der Waals surface area contributed by atoms with E-state index in [-0.39, 0.29) is 30.7 Å². The molecule has 1 unspecified atom stereocenters.